The molecule has 3 saturated carbocycles. The monoisotopic (exact) mass is 554 g/mol. The quantitative estimate of drug-likeness (QED) is 0.0650. The summed E-state index contributed by atoms with van der Waals surface area (Å²) in [5.74, 6) is 3.73. The summed E-state index contributed by atoms with van der Waals surface area (Å²) in [7, 11) is 0. The van der Waals surface area contributed by atoms with Gasteiger partial charge in [-0.3, -0.25) is 0 Å². The number of carbonyl (C=O) groups excluding carboxylic acids is 1. The van der Waals surface area contributed by atoms with Crippen molar-refractivity contribution in [1.82, 2.24) is 5.01 Å². The molecule has 0 aromatic carbocycles. The Kier molecular flexibility index (Phi) is 10.4. The molecule has 0 aliphatic heterocycles. The van der Waals surface area contributed by atoms with E-state index < -0.39 is 6.10 Å². The van der Waals surface area contributed by atoms with Crippen molar-refractivity contribution in [3.63, 3.8) is 0 Å². The first-order valence-electron chi connectivity index (χ1n) is 16.8. The summed E-state index contributed by atoms with van der Waals surface area (Å²) >= 11 is 0. The molecule has 4 aliphatic rings. The van der Waals surface area contributed by atoms with Crippen LogP contribution in [0.5, 0.6) is 0 Å². The van der Waals surface area contributed by atoms with Crippen LogP contribution in [-0.4, -0.2) is 28.7 Å². The van der Waals surface area contributed by atoms with Crippen LogP contribution in [0.1, 0.15) is 131 Å². The van der Waals surface area contributed by atoms with Gasteiger partial charge in [0.1, 0.15) is 0 Å². The Morgan fingerprint density at radius 1 is 1.12 bits per heavy atom. The van der Waals surface area contributed by atoms with Gasteiger partial charge in [-0.05, 0) is 104 Å². The lowest BCUT2D eigenvalue weighted by Crippen LogP contribution is -2.56. The number of rotatable bonds is 12. The summed E-state index contributed by atoms with van der Waals surface area (Å²) in [5, 5.41) is 16.2. The molecule has 1 amide bonds. The topological polar surface area (TPSA) is 89.3 Å². The molecular weight excluding hydrogens is 496 g/mol. The van der Waals surface area contributed by atoms with Crippen LogP contribution in [0.25, 0.3) is 10.4 Å². The van der Waals surface area contributed by atoms with E-state index in [1.165, 1.54) is 55.5 Å². The average molecular weight is 555 g/mol. The van der Waals surface area contributed by atoms with Crippen LogP contribution in [0.3, 0.4) is 0 Å². The van der Waals surface area contributed by atoms with Crippen LogP contribution in [0.15, 0.2) is 16.9 Å². The van der Waals surface area contributed by atoms with Crippen molar-refractivity contribution < 1.29 is 9.90 Å². The number of carbonyl (C=O) groups is 1. The van der Waals surface area contributed by atoms with E-state index in [0.717, 1.165) is 49.9 Å². The van der Waals surface area contributed by atoms with Gasteiger partial charge in [0.25, 0.3) is 0 Å². The van der Waals surface area contributed by atoms with E-state index in [0.29, 0.717) is 42.6 Å². The molecule has 6 heteroatoms. The van der Waals surface area contributed by atoms with Crippen LogP contribution in [-0.2, 0) is 4.79 Å². The lowest BCUT2D eigenvalue weighted by atomic mass is 9.44. The lowest BCUT2D eigenvalue weighted by molar-refractivity contribution is -0.149. The first kappa shape index (κ1) is 31.4. The minimum Gasteiger partial charge on any atom is -0.393 e. The lowest BCUT2D eigenvalue weighted by Gasteiger charge is -2.60. The molecule has 0 heterocycles. The molecule has 0 radical (unpaired) electrons. The van der Waals surface area contributed by atoms with Gasteiger partial charge in [0.2, 0.25) is 0 Å². The Morgan fingerprint density at radius 3 is 2.60 bits per heavy atom. The normalized spacial score (nSPS) is 37.5. The van der Waals surface area contributed by atoms with Crippen molar-refractivity contribution in [2.45, 2.75) is 138 Å². The fourth-order valence-electron chi connectivity index (χ4n) is 10.2. The zero-order valence-electron chi connectivity index (χ0n) is 26.4. The minimum atomic E-state index is -0.505. The Bertz CT molecular complexity index is 958. The number of hydrogen-bond donors (Lipinski definition) is 1. The number of aliphatic hydroxyl groups is 1. The summed E-state index contributed by atoms with van der Waals surface area (Å²) < 4.78 is 0. The smallest absolute Gasteiger partial charge is 0.316 e. The fraction of sp³-hybridized carbons (Fsp3) is 0.912. The molecule has 6 nitrogen and oxygen atoms in total. The molecule has 0 aromatic heterocycles. The SMILES string of the molecule is CCCCCCN(N=[N+]=[N-])C(=O)C1C[C@H](O)CC2=CC[C@H]3[C@@H]4CC[C@H]([C@H](C)CCCC(C)C)[C@@]4(C)CC[C@@H]3[C@]21C. The van der Waals surface area contributed by atoms with Crippen LogP contribution < -0.4 is 0 Å². The van der Waals surface area contributed by atoms with Gasteiger partial charge in [-0.15, -0.1) is 5.53 Å². The minimum absolute atomic E-state index is 0.0708. The van der Waals surface area contributed by atoms with Crippen molar-refractivity contribution in [1.29, 1.82) is 0 Å². The highest BCUT2D eigenvalue weighted by Gasteiger charge is 2.62. The van der Waals surface area contributed by atoms with Gasteiger partial charge < -0.3 is 5.11 Å². The Labute approximate surface area is 244 Å². The molecule has 1 unspecified atom stereocenters. The number of hydrogen-bond acceptors (Lipinski definition) is 3. The third-order valence-corrected chi connectivity index (χ3v) is 12.3. The van der Waals surface area contributed by atoms with Crippen LogP contribution in [0.4, 0.5) is 0 Å². The van der Waals surface area contributed by atoms with E-state index in [2.05, 4.69) is 57.8 Å². The molecule has 3 fully saturated rings. The highest BCUT2D eigenvalue weighted by Crippen LogP contribution is 2.68. The van der Waals surface area contributed by atoms with Crippen LogP contribution in [0, 0.1) is 52.3 Å². The Balaban J connectivity index is 1.56. The molecule has 9 atom stereocenters. The van der Waals surface area contributed by atoms with Crippen molar-refractivity contribution >= 4 is 5.91 Å². The van der Waals surface area contributed by atoms with Gasteiger partial charge in [-0.1, -0.05) is 85.3 Å². The van der Waals surface area contributed by atoms with Gasteiger partial charge in [-0.25, -0.2) is 4.79 Å². The fourth-order valence-corrected chi connectivity index (χ4v) is 10.2. The number of allylic oxidation sites excluding steroid dienone is 1. The van der Waals surface area contributed by atoms with Crippen LogP contribution >= 0.6 is 0 Å². The van der Waals surface area contributed by atoms with Crippen molar-refractivity contribution in [2.24, 2.45) is 57.5 Å². The number of fused-ring (bicyclic) bond motifs is 5. The summed E-state index contributed by atoms with van der Waals surface area (Å²) in [6.45, 7) is 14.8. The third-order valence-electron chi connectivity index (χ3n) is 12.3. The van der Waals surface area contributed by atoms with E-state index in [4.69, 9.17) is 0 Å². The maximum Gasteiger partial charge on any atom is 0.316 e. The number of azide groups is 1. The summed E-state index contributed by atoms with van der Waals surface area (Å²) in [5.41, 5.74) is 10.7. The predicted molar refractivity (Wildman–Crippen MR) is 163 cm³/mol. The van der Waals surface area contributed by atoms with Crippen molar-refractivity contribution in [3.8, 4) is 0 Å². The number of nitrogens with zero attached hydrogens (tertiary/aromatic N) is 4. The summed E-state index contributed by atoms with van der Waals surface area (Å²) in [4.78, 5) is 17.2. The standard InChI is InChI=1S/C34H58N4O2/c1-7-8-9-10-20-38(37-36-35)32(40)31-22-26(39)21-25-14-15-27-29-17-16-28(24(4)13-11-12-23(2)3)33(29,5)19-18-30(27)34(25,31)6/h14,23-24,26-31,39H,7-13,15-22H2,1-6H3/t24-,26-,27+,28-,29+,30+,31?,33-,34+/m1/s1. The largest absolute Gasteiger partial charge is 0.393 e. The zero-order chi connectivity index (χ0) is 29.1. The van der Waals surface area contributed by atoms with Gasteiger partial charge in [0, 0.05) is 5.41 Å². The van der Waals surface area contributed by atoms with E-state index >= 15 is 0 Å². The number of amides is 1. The highest BCUT2D eigenvalue weighted by molar-refractivity contribution is 5.80. The Hall–Kier alpha value is -1.52. The van der Waals surface area contributed by atoms with Crippen molar-refractivity contribution in [3.05, 3.63) is 22.1 Å². The van der Waals surface area contributed by atoms with E-state index in [9.17, 15) is 15.4 Å². The second-order valence-electron chi connectivity index (χ2n) is 15.0. The molecule has 4 aliphatic carbocycles. The predicted octanol–water partition coefficient (Wildman–Crippen LogP) is 9.25. The zero-order valence-corrected chi connectivity index (χ0v) is 26.4. The first-order valence-corrected chi connectivity index (χ1v) is 16.8. The first-order chi connectivity index (χ1) is 19.1. The molecule has 0 saturated heterocycles. The van der Waals surface area contributed by atoms with E-state index in [-0.39, 0.29) is 17.2 Å². The highest BCUT2D eigenvalue weighted by atomic mass is 16.3. The molecule has 0 bridgehead atoms. The molecule has 40 heavy (non-hydrogen) atoms. The summed E-state index contributed by atoms with van der Waals surface area (Å²) in [6.07, 6.45) is 17.4. The maximum atomic E-state index is 14.1. The van der Waals surface area contributed by atoms with Gasteiger partial charge in [0.15, 0.2) is 0 Å². The molecule has 0 aromatic rings. The average Bonchev–Trinajstić information content (AvgIpc) is 3.27. The van der Waals surface area contributed by atoms with Crippen molar-refractivity contribution in [2.75, 3.05) is 6.54 Å². The second kappa shape index (κ2) is 13.2. The van der Waals surface area contributed by atoms with E-state index in [1.54, 1.807) is 0 Å². The molecule has 0 spiro atoms. The number of unbranched alkanes of at least 4 members (excludes halogenated alkanes) is 3. The maximum absolute atomic E-state index is 14.1. The second-order valence-corrected chi connectivity index (χ2v) is 15.0. The van der Waals surface area contributed by atoms with Gasteiger partial charge >= 0.3 is 5.91 Å². The number of aliphatic hydroxyl groups excluding tert-OH is 1. The van der Waals surface area contributed by atoms with Gasteiger partial charge in [0.05, 0.1) is 18.6 Å². The molecule has 1 N–H and O–H groups in total. The third kappa shape index (κ3) is 6.00. The summed E-state index contributed by atoms with van der Waals surface area (Å²) in [6, 6.07) is 0. The van der Waals surface area contributed by atoms with Crippen LogP contribution in [0.2, 0.25) is 0 Å². The van der Waals surface area contributed by atoms with E-state index in [1.807, 2.05) is 0 Å². The molecule has 226 valence electrons. The molecular formula is C34H58N4O2. The Morgan fingerprint density at radius 2 is 1.90 bits per heavy atom. The molecule has 4 rings (SSSR count). The van der Waals surface area contributed by atoms with Gasteiger partial charge in [-0.2, -0.15) is 9.92 Å².